The van der Waals surface area contributed by atoms with E-state index in [0.29, 0.717) is 5.69 Å². The lowest BCUT2D eigenvalue weighted by Crippen LogP contribution is -2.15. The number of nitrogens with one attached hydrogen (secondary N) is 1. The fourth-order valence-electron chi connectivity index (χ4n) is 1.85. The van der Waals surface area contributed by atoms with Gasteiger partial charge < -0.3 is 11.1 Å². The molecule has 0 fully saturated rings. The number of nitrogen functional groups attached to an aromatic ring is 1. The third-order valence-electron chi connectivity index (χ3n) is 3.01. The molecular formula is C15H13F3N2O. The highest BCUT2D eigenvalue weighted by Gasteiger charge is 2.33. The first-order chi connectivity index (χ1) is 9.79. The van der Waals surface area contributed by atoms with Gasteiger partial charge in [0, 0.05) is 16.9 Å². The number of benzene rings is 2. The van der Waals surface area contributed by atoms with E-state index in [4.69, 9.17) is 5.73 Å². The van der Waals surface area contributed by atoms with Crippen molar-refractivity contribution in [2.75, 3.05) is 11.1 Å². The number of halogens is 3. The van der Waals surface area contributed by atoms with Crippen LogP contribution in [0.15, 0.2) is 42.5 Å². The number of para-hydroxylation sites is 1. The van der Waals surface area contributed by atoms with Crippen LogP contribution < -0.4 is 11.1 Å². The quantitative estimate of drug-likeness (QED) is 0.827. The Morgan fingerprint density at radius 3 is 2.43 bits per heavy atom. The zero-order valence-corrected chi connectivity index (χ0v) is 11.2. The fourth-order valence-corrected chi connectivity index (χ4v) is 1.85. The predicted octanol–water partition coefficient (Wildman–Crippen LogP) is 3.85. The van der Waals surface area contributed by atoms with Gasteiger partial charge in [-0.3, -0.25) is 4.79 Å². The Labute approximate surface area is 119 Å². The predicted molar refractivity (Wildman–Crippen MR) is 75.0 cm³/mol. The van der Waals surface area contributed by atoms with Gasteiger partial charge in [0.05, 0.1) is 5.56 Å². The van der Waals surface area contributed by atoms with Crippen LogP contribution in [-0.2, 0) is 6.18 Å². The molecule has 0 unspecified atom stereocenters. The van der Waals surface area contributed by atoms with Gasteiger partial charge in [-0.1, -0.05) is 18.2 Å². The van der Waals surface area contributed by atoms with E-state index in [9.17, 15) is 18.0 Å². The molecule has 6 heteroatoms. The van der Waals surface area contributed by atoms with Crippen molar-refractivity contribution in [3.8, 4) is 0 Å². The molecule has 3 nitrogen and oxygen atoms in total. The summed E-state index contributed by atoms with van der Waals surface area (Å²) in [4.78, 5) is 12.0. The van der Waals surface area contributed by atoms with Gasteiger partial charge in [0.15, 0.2) is 0 Å². The Morgan fingerprint density at radius 1 is 1.14 bits per heavy atom. The molecule has 0 aromatic heterocycles. The summed E-state index contributed by atoms with van der Waals surface area (Å²) in [6.07, 6.45) is -4.59. The molecule has 0 aliphatic heterocycles. The highest BCUT2D eigenvalue weighted by molar-refractivity contribution is 6.05. The first-order valence-electron chi connectivity index (χ1n) is 6.13. The smallest absolute Gasteiger partial charge is 0.398 e. The third kappa shape index (κ3) is 3.34. The molecule has 2 aromatic carbocycles. The van der Waals surface area contributed by atoms with E-state index in [1.165, 1.54) is 6.07 Å². The number of anilines is 2. The third-order valence-corrected chi connectivity index (χ3v) is 3.01. The van der Waals surface area contributed by atoms with E-state index >= 15 is 0 Å². The summed E-state index contributed by atoms with van der Waals surface area (Å²) in [6, 6.07) is 10.1. The van der Waals surface area contributed by atoms with E-state index in [-0.39, 0.29) is 5.56 Å². The standard InChI is InChI=1S/C15H13F3N2O/c1-9-4-2-3-5-13(9)20-14(21)10-6-7-12(19)11(8-10)15(16,17)18/h2-8H,19H2,1H3,(H,20,21). The number of nitrogens with two attached hydrogens (primary N) is 1. The van der Waals surface area contributed by atoms with Crippen molar-refractivity contribution in [1.29, 1.82) is 0 Å². The summed E-state index contributed by atoms with van der Waals surface area (Å²) in [5.41, 5.74) is 5.15. The monoisotopic (exact) mass is 294 g/mol. The Morgan fingerprint density at radius 2 is 1.81 bits per heavy atom. The fraction of sp³-hybridized carbons (Fsp3) is 0.133. The van der Waals surface area contributed by atoms with Crippen molar-refractivity contribution in [2.45, 2.75) is 13.1 Å². The topological polar surface area (TPSA) is 55.1 Å². The number of aryl methyl sites for hydroxylation is 1. The highest BCUT2D eigenvalue weighted by Crippen LogP contribution is 2.34. The summed E-state index contributed by atoms with van der Waals surface area (Å²) >= 11 is 0. The van der Waals surface area contributed by atoms with Crippen LogP contribution in [0.1, 0.15) is 21.5 Å². The molecule has 0 heterocycles. The molecule has 0 saturated heterocycles. The zero-order chi connectivity index (χ0) is 15.6. The number of hydrogen-bond acceptors (Lipinski definition) is 2. The lowest BCUT2D eigenvalue weighted by atomic mass is 10.1. The lowest BCUT2D eigenvalue weighted by Gasteiger charge is -2.12. The van der Waals surface area contributed by atoms with Crippen molar-refractivity contribution >= 4 is 17.3 Å². The van der Waals surface area contributed by atoms with E-state index in [1.807, 2.05) is 0 Å². The van der Waals surface area contributed by atoms with Crippen LogP contribution in [0, 0.1) is 6.92 Å². The van der Waals surface area contributed by atoms with Gasteiger partial charge in [0.25, 0.3) is 5.91 Å². The molecule has 0 aliphatic rings. The van der Waals surface area contributed by atoms with Gasteiger partial charge in [0.2, 0.25) is 0 Å². The molecule has 0 aliphatic carbocycles. The Kier molecular flexibility index (Phi) is 3.88. The molecule has 0 saturated carbocycles. The van der Waals surface area contributed by atoms with Gasteiger partial charge in [0.1, 0.15) is 0 Å². The molecule has 21 heavy (non-hydrogen) atoms. The second-order valence-electron chi connectivity index (χ2n) is 4.57. The molecule has 1 amide bonds. The zero-order valence-electron chi connectivity index (χ0n) is 11.2. The number of rotatable bonds is 2. The average Bonchev–Trinajstić information content (AvgIpc) is 2.40. The number of carbonyl (C=O) groups is 1. The van der Waals surface area contributed by atoms with Gasteiger partial charge in [-0.05, 0) is 36.8 Å². The van der Waals surface area contributed by atoms with Gasteiger partial charge >= 0.3 is 6.18 Å². The van der Waals surface area contributed by atoms with Crippen molar-refractivity contribution in [1.82, 2.24) is 0 Å². The summed E-state index contributed by atoms with van der Waals surface area (Å²) in [7, 11) is 0. The number of hydrogen-bond donors (Lipinski definition) is 2. The van der Waals surface area contributed by atoms with E-state index < -0.39 is 23.3 Å². The van der Waals surface area contributed by atoms with Crippen LogP contribution in [0.3, 0.4) is 0 Å². The van der Waals surface area contributed by atoms with Crippen LogP contribution in [0.5, 0.6) is 0 Å². The molecule has 2 rings (SSSR count). The SMILES string of the molecule is Cc1ccccc1NC(=O)c1ccc(N)c(C(F)(F)F)c1. The average molecular weight is 294 g/mol. The van der Waals surface area contributed by atoms with Crippen molar-refractivity contribution < 1.29 is 18.0 Å². The molecule has 3 N–H and O–H groups in total. The Bertz CT molecular complexity index is 681. The maximum Gasteiger partial charge on any atom is 0.418 e. The minimum absolute atomic E-state index is 0.0974. The summed E-state index contributed by atoms with van der Waals surface area (Å²) < 4.78 is 38.3. The van der Waals surface area contributed by atoms with Crippen LogP contribution in [0.4, 0.5) is 24.5 Å². The van der Waals surface area contributed by atoms with Crippen LogP contribution in [0.2, 0.25) is 0 Å². The largest absolute Gasteiger partial charge is 0.418 e. The van der Waals surface area contributed by atoms with Gasteiger partial charge in [-0.15, -0.1) is 0 Å². The maximum absolute atomic E-state index is 12.8. The van der Waals surface area contributed by atoms with E-state index in [0.717, 1.165) is 17.7 Å². The van der Waals surface area contributed by atoms with Crippen molar-refractivity contribution in [2.24, 2.45) is 0 Å². The number of alkyl halides is 3. The summed E-state index contributed by atoms with van der Waals surface area (Å²) in [5.74, 6) is -0.616. The van der Waals surface area contributed by atoms with Crippen molar-refractivity contribution in [3.63, 3.8) is 0 Å². The van der Waals surface area contributed by atoms with E-state index in [1.54, 1.807) is 31.2 Å². The van der Waals surface area contributed by atoms with Gasteiger partial charge in [-0.25, -0.2) is 0 Å². The normalized spacial score (nSPS) is 11.2. The van der Waals surface area contributed by atoms with Crippen LogP contribution in [-0.4, -0.2) is 5.91 Å². The lowest BCUT2D eigenvalue weighted by molar-refractivity contribution is -0.136. The Hall–Kier alpha value is -2.50. The highest BCUT2D eigenvalue weighted by atomic mass is 19.4. The summed E-state index contributed by atoms with van der Waals surface area (Å²) in [5, 5.41) is 2.58. The van der Waals surface area contributed by atoms with Crippen molar-refractivity contribution in [3.05, 3.63) is 59.2 Å². The number of amides is 1. The van der Waals surface area contributed by atoms with Crippen LogP contribution in [0.25, 0.3) is 0 Å². The minimum atomic E-state index is -4.59. The molecule has 0 atom stereocenters. The molecule has 2 aromatic rings. The maximum atomic E-state index is 12.8. The Balaban J connectivity index is 2.31. The van der Waals surface area contributed by atoms with Crippen LogP contribution >= 0.6 is 0 Å². The first-order valence-corrected chi connectivity index (χ1v) is 6.13. The molecule has 110 valence electrons. The molecule has 0 bridgehead atoms. The second-order valence-corrected chi connectivity index (χ2v) is 4.57. The minimum Gasteiger partial charge on any atom is -0.398 e. The molecule has 0 spiro atoms. The summed E-state index contributed by atoms with van der Waals surface area (Å²) in [6.45, 7) is 1.79. The first kappa shape index (κ1) is 14.9. The molecular weight excluding hydrogens is 281 g/mol. The molecule has 0 radical (unpaired) electrons. The second kappa shape index (κ2) is 5.47. The van der Waals surface area contributed by atoms with Gasteiger partial charge in [-0.2, -0.15) is 13.2 Å². The van der Waals surface area contributed by atoms with E-state index in [2.05, 4.69) is 5.32 Å². The number of carbonyl (C=O) groups excluding carboxylic acids is 1.